The summed E-state index contributed by atoms with van der Waals surface area (Å²) in [4.78, 5) is 12.5. The standard InChI is InChI=1S/C24H18O5/c1-27-16-6-4-5-14(11-16)21-17-7-2-3-8-18(17)22(23(21)24(25)26)15-9-10-19-20(12-15)29-13-28-19/h2-12,21H,13H2,1H3,(H,25,26). The van der Waals surface area contributed by atoms with Gasteiger partial charge < -0.3 is 19.3 Å². The first-order chi connectivity index (χ1) is 14.2. The van der Waals surface area contributed by atoms with Crippen molar-refractivity contribution in [1.29, 1.82) is 0 Å². The minimum Gasteiger partial charge on any atom is -0.497 e. The molecule has 0 aromatic heterocycles. The maximum absolute atomic E-state index is 12.5. The van der Waals surface area contributed by atoms with Crippen molar-refractivity contribution < 1.29 is 24.1 Å². The van der Waals surface area contributed by atoms with Gasteiger partial charge in [-0.25, -0.2) is 4.79 Å². The quantitative estimate of drug-likeness (QED) is 0.717. The van der Waals surface area contributed by atoms with Crippen molar-refractivity contribution in [3.05, 3.63) is 94.6 Å². The van der Waals surface area contributed by atoms with E-state index in [4.69, 9.17) is 14.2 Å². The summed E-state index contributed by atoms with van der Waals surface area (Å²) >= 11 is 0. The molecule has 0 saturated carbocycles. The number of ether oxygens (including phenoxy) is 3. The molecule has 5 heteroatoms. The summed E-state index contributed by atoms with van der Waals surface area (Å²) < 4.78 is 16.3. The Labute approximate surface area is 167 Å². The van der Waals surface area contributed by atoms with E-state index in [2.05, 4.69) is 0 Å². The minimum atomic E-state index is -0.943. The average Bonchev–Trinajstić information content (AvgIpc) is 3.35. The van der Waals surface area contributed by atoms with Crippen LogP contribution in [0.1, 0.15) is 28.2 Å². The molecule has 144 valence electrons. The number of fused-ring (bicyclic) bond motifs is 2. The molecule has 0 radical (unpaired) electrons. The molecule has 0 spiro atoms. The average molecular weight is 386 g/mol. The number of carboxylic acids is 1. The normalized spacial score (nSPS) is 16.7. The maximum atomic E-state index is 12.5. The molecular weight excluding hydrogens is 368 g/mol. The summed E-state index contributed by atoms with van der Waals surface area (Å²) in [5.74, 6) is 0.658. The van der Waals surface area contributed by atoms with Crippen LogP contribution in [0.25, 0.3) is 5.57 Å². The van der Waals surface area contributed by atoms with Crippen LogP contribution in [0.5, 0.6) is 17.2 Å². The fraction of sp³-hybridized carbons (Fsp3) is 0.125. The lowest BCUT2D eigenvalue weighted by atomic mass is 9.88. The minimum absolute atomic E-state index is 0.173. The van der Waals surface area contributed by atoms with Crippen LogP contribution < -0.4 is 14.2 Å². The third-order valence-corrected chi connectivity index (χ3v) is 5.42. The summed E-state index contributed by atoms with van der Waals surface area (Å²) in [6, 6.07) is 21.0. The molecule has 1 N–H and O–H groups in total. The Balaban J connectivity index is 1.76. The molecule has 5 nitrogen and oxygen atoms in total. The molecule has 29 heavy (non-hydrogen) atoms. The Morgan fingerprint density at radius 2 is 1.83 bits per heavy atom. The molecule has 3 aromatic rings. The number of rotatable bonds is 4. The lowest BCUT2D eigenvalue weighted by molar-refractivity contribution is -0.132. The second-order valence-corrected chi connectivity index (χ2v) is 6.96. The number of carbonyl (C=O) groups is 1. The second kappa shape index (κ2) is 6.71. The zero-order valence-electron chi connectivity index (χ0n) is 15.7. The van der Waals surface area contributed by atoms with E-state index in [1.54, 1.807) is 7.11 Å². The Morgan fingerprint density at radius 3 is 2.66 bits per heavy atom. The largest absolute Gasteiger partial charge is 0.497 e. The zero-order valence-corrected chi connectivity index (χ0v) is 15.7. The third-order valence-electron chi connectivity index (χ3n) is 5.42. The first kappa shape index (κ1) is 17.4. The lowest BCUT2D eigenvalue weighted by Crippen LogP contribution is -2.10. The van der Waals surface area contributed by atoms with E-state index >= 15 is 0 Å². The number of benzene rings is 3. The van der Waals surface area contributed by atoms with E-state index in [9.17, 15) is 9.90 Å². The van der Waals surface area contributed by atoms with Crippen LogP contribution in [0, 0.1) is 0 Å². The SMILES string of the molecule is COc1cccc(C2C(C(=O)O)=C(c3ccc4c(c3)OCO4)c3ccccc32)c1. The van der Waals surface area contributed by atoms with Gasteiger partial charge in [0.2, 0.25) is 6.79 Å². The highest BCUT2D eigenvalue weighted by molar-refractivity contribution is 6.06. The summed E-state index contributed by atoms with van der Waals surface area (Å²) in [7, 11) is 1.60. The maximum Gasteiger partial charge on any atom is 0.333 e. The molecule has 0 amide bonds. The number of carboxylic acid groups (broad SMARTS) is 1. The molecule has 1 aliphatic heterocycles. The predicted octanol–water partition coefficient (Wildman–Crippen LogP) is 4.46. The van der Waals surface area contributed by atoms with E-state index in [1.807, 2.05) is 66.7 Å². The second-order valence-electron chi connectivity index (χ2n) is 6.96. The number of hydrogen-bond acceptors (Lipinski definition) is 4. The molecule has 0 bridgehead atoms. The topological polar surface area (TPSA) is 65.0 Å². The van der Waals surface area contributed by atoms with Crippen LogP contribution in [0.3, 0.4) is 0 Å². The van der Waals surface area contributed by atoms with Gasteiger partial charge >= 0.3 is 5.97 Å². The highest BCUT2D eigenvalue weighted by Crippen LogP contribution is 2.49. The monoisotopic (exact) mass is 386 g/mol. The molecule has 1 aliphatic carbocycles. The lowest BCUT2D eigenvalue weighted by Gasteiger charge is -2.16. The summed E-state index contributed by atoms with van der Waals surface area (Å²) in [6.45, 7) is 0.173. The van der Waals surface area contributed by atoms with Crippen molar-refractivity contribution >= 4 is 11.5 Å². The summed E-state index contributed by atoms with van der Waals surface area (Å²) in [5.41, 5.74) is 4.61. The first-order valence-electron chi connectivity index (χ1n) is 9.28. The van der Waals surface area contributed by atoms with E-state index < -0.39 is 5.97 Å². The first-order valence-corrected chi connectivity index (χ1v) is 9.28. The zero-order chi connectivity index (χ0) is 20.0. The fourth-order valence-electron chi connectivity index (χ4n) is 4.18. The molecule has 2 aliphatic rings. The Bertz CT molecular complexity index is 1160. The predicted molar refractivity (Wildman–Crippen MR) is 108 cm³/mol. The van der Waals surface area contributed by atoms with Crippen molar-refractivity contribution in [3.8, 4) is 17.2 Å². The van der Waals surface area contributed by atoms with E-state index in [1.165, 1.54) is 0 Å². The molecule has 1 unspecified atom stereocenters. The van der Waals surface area contributed by atoms with Gasteiger partial charge in [0.25, 0.3) is 0 Å². The van der Waals surface area contributed by atoms with Gasteiger partial charge in [0, 0.05) is 11.5 Å². The molecule has 1 heterocycles. The van der Waals surface area contributed by atoms with E-state index in [0.29, 0.717) is 28.4 Å². The van der Waals surface area contributed by atoms with Gasteiger partial charge in [-0.3, -0.25) is 0 Å². The Kier molecular flexibility index (Phi) is 4.02. The van der Waals surface area contributed by atoms with Gasteiger partial charge in [-0.15, -0.1) is 0 Å². The molecule has 5 rings (SSSR count). The van der Waals surface area contributed by atoms with Gasteiger partial charge in [0.05, 0.1) is 12.7 Å². The molecule has 0 saturated heterocycles. The number of methoxy groups -OCH3 is 1. The van der Waals surface area contributed by atoms with Crippen molar-refractivity contribution in [1.82, 2.24) is 0 Å². The van der Waals surface area contributed by atoms with Crippen LogP contribution in [0.15, 0.2) is 72.3 Å². The van der Waals surface area contributed by atoms with E-state index in [-0.39, 0.29) is 12.7 Å². The Morgan fingerprint density at radius 1 is 1.00 bits per heavy atom. The van der Waals surface area contributed by atoms with E-state index in [0.717, 1.165) is 22.3 Å². The van der Waals surface area contributed by atoms with Gasteiger partial charge in [0.15, 0.2) is 11.5 Å². The van der Waals surface area contributed by atoms with Gasteiger partial charge in [-0.05, 0) is 46.5 Å². The third kappa shape index (κ3) is 2.74. The van der Waals surface area contributed by atoms with Crippen molar-refractivity contribution in [3.63, 3.8) is 0 Å². The smallest absolute Gasteiger partial charge is 0.333 e. The van der Waals surface area contributed by atoms with Crippen LogP contribution >= 0.6 is 0 Å². The molecule has 0 fully saturated rings. The summed E-state index contributed by atoms with van der Waals surface area (Å²) in [6.07, 6.45) is 0. The van der Waals surface area contributed by atoms with Crippen molar-refractivity contribution in [2.45, 2.75) is 5.92 Å². The van der Waals surface area contributed by atoms with Crippen LogP contribution in [-0.2, 0) is 4.79 Å². The highest BCUT2D eigenvalue weighted by Gasteiger charge is 2.37. The van der Waals surface area contributed by atoms with Gasteiger partial charge in [0.1, 0.15) is 5.75 Å². The Hall–Kier alpha value is -3.73. The number of hydrogen-bond donors (Lipinski definition) is 1. The van der Waals surface area contributed by atoms with Gasteiger partial charge in [-0.1, -0.05) is 42.5 Å². The number of aliphatic carboxylic acids is 1. The molecular formula is C24H18O5. The van der Waals surface area contributed by atoms with Crippen molar-refractivity contribution in [2.24, 2.45) is 0 Å². The van der Waals surface area contributed by atoms with Gasteiger partial charge in [-0.2, -0.15) is 0 Å². The van der Waals surface area contributed by atoms with Crippen LogP contribution in [0.2, 0.25) is 0 Å². The van der Waals surface area contributed by atoms with Crippen molar-refractivity contribution in [2.75, 3.05) is 13.9 Å². The van der Waals surface area contributed by atoms with Crippen LogP contribution in [0.4, 0.5) is 0 Å². The van der Waals surface area contributed by atoms with Crippen LogP contribution in [-0.4, -0.2) is 25.0 Å². The highest BCUT2D eigenvalue weighted by atomic mass is 16.7. The fourth-order valence-corrected chi connectivity index (χ4v) is 4.18. The summed E-state index contributed by atoms with van der Waals surface area (Å²) in [5, 5.41) is 10.2. The molecule has 1 atom stereocenters. The molecule has 3 aromatic carbocycles.